The van der Waals surface area contributed by atoms with Crippen molar-refractivity contribution in [2.45, 2.75) is 18.6 Å². The fourth-order valence-corrected chi connectivity index (χ4v) is 2.22. The lowest BCUT2D eigenvalue weighted by atomic mass is 10.1. The number of nitrogens with two attached hydrogens (primary N) is 1. The van der Waals surface area contributed by atoms with Crippen LogP contribution in [-0.2, 0) is 16.0 Å². The maximum atomic E-state index is 12.2. The number of carbonyl (C=O) groups excluding carboxylic acids is 1. The Balaban J connectivity index is 1.91. The van der Waals surface area contributed by atoms with Gasteiger partial charge in [-0.05, 0) is 12.0 Å². The molecule has 1 aromatic rings. The SMILES string of the molecule is NC(Cc1ccccc1)C(=O)N1CCOC(CO)C1. The first kappa shape index (κ1) is 14.0. The molecule has 1 heterocycles. The second-order valence-electron chi connectivity index (χ2n) is 4.76. The zero-order chi connectivity index (χ0) is 13.7. The molecule has 1 aromatic carbocycles. The van der Waals surface area contributed by atoms with Crippen molar-refractivity contribution in [3.63, 3.8) is 0 Å². The third-order valence-electron chi connectivity index (χ3n) is 3.27. The summed E-state index contributed by atoms with van der Waals surface area (Å²) in [6.45, 7) is 1.34. The van der Waals surface area contributed by atoms with Gasteiger partial charge in [0, 0.05) is 13.1 Å². The predicted molar refractivity (Wildman–Crippen MR) is 71.5 cm³/mol. The number of hydrogen-bond donors (Lipinski definition) is 2. The first-order chi connectivity index (χ1) is 9.20. The molecule has 19 heavy (non-hydrogen) atoms. The first-order valence-electron chi connectivity index (χ1n) is 6.51. The van der Waals surface area contributed by atoms with E-state index in [1.807, 2.05) is 30.3 Å². The van der Waals surface area contributed by atoms with Gasteiger partial charge < -0.3 is 20.5 Å². The van der Waals surface area contributed by atoms with E-state index in [0.29, 0.717) is 26.1 Å². The Morgan fingerprint density at radius 3 is 2.89 bits per heavy atom. The van der Waals surface area contributed by atoms with Gasteiger partial charge in [0.1, 0.15) is 0 Å². The van der Waals surface area contributed by atoms with Crippen LogP contribution in [0.25, 0.3) is 0 Å². The fraction of sp³-hybridized carbons (Fsp3) is 0.500. The Hall–Kier alpha value is -1.43. The maximum Gasteiger partial charge on any atom is 0.239 e. The van der Waals surface area contributed by atoms with Crippen molar-refractivity contribution >= 4 is 5.91 Å². The first-order valence-corrected chi connectivity index (χ1v) is 6.51. The van der Waals surface area contributed by atoms with Crippen LogP contribution in [0.5, 0.6) is 0 Å². The molecule has 0 aromatic heterocycles. The molecule has 1 aliphatic heterocycles. The summed E-state index contributed by atoms with van der Waals surface area (Å²) in [5.41, 5.74) is 7.02. The molecule has 3 N–H and O–H groups in total. The molecule has 1 aliphatic rings. The fourth-order valence-electron chi connectivity index (χ4n) is 2.22. The van der Waals surface area contributed by atoms with Gasteiger partial charge in [0.05, 0.1) is 25.4 Å². The van der Waals surface area contributed by atoms with Gasteiger partial charge in [0.15, 0.2) is 0 Å². The van der Waals surface area contributed by atoms with Gasteiger partial charge >= 0.3 is 0 Å². The summed E-state index contributed by atoms with van der Waals surface area (Å²) in [5, 5.41) is 9.07. The Kier molecular flexibility index (Phi) is 4.90. The molecule has 5 nitrogen and oxygen atoms in total. The van der Waals surface area contributed by atoms with E-state index in [4.69, 9.17) is 15.6 Å². The van der Waals surface area contributed by atoms with E-state index in [0.717, 1.165) is 5.56 Å². The van der Waals surface area contributed by atoms with Crippen LogP contribution >= 0.6 is 0 Å². The van der Waals surface area contributed by atoms with E-state index in [1.165, 1.54) is 0 Å². The molecule has 5 heteroatoms. The molecule has 1 saturated heterocycles. The summed E-state index contributed by atoms with van der Waals surface area (Å²) in [5.74, 6) is -0.0781. The number of ether oxygens (including phenoxy) is 1. The number of hydrogen-bond acceptors (Lipinski definition) is 4. The number of carbonyl (C=O) groups is 1. The molecule has 0 bridgehead atoms. The van der Waals surface area contributed by atoms with E-state index in [1.54, 1.807) is 4.90 Å². The lowest BCUT2D eigenvalue weighted by Gasteiger charge is -2.33. The number of morpholine rings is 1. The largest absolute Gasteiger partial charge is 0.394 e. The van der Waals surface area contributed by atoms with Crippen molar-refractivity contribution in [3.05, 3.63) is 35.9 Å². The predicted octanol–water partition coefficient (Wildman–Crippen LogP) is -0.224. The van der Waals surface area contributed by atoms with Crippen LogP contribution in [0.4, 0.5) is 0 Å². The van der Waals surface area contributed by atoms with Gasteiger partial charge in [-0.15, -0.1) is 0 Å². The summed E-state index contributed by atoms with van der Waals surface area (Å²) >= 11 is 0. The zero-order valence-corrected chi connectivity index (χ0v) is 10.9. The molecule has 104 valence electrons. The molecule has 0 saturated carbocycles. The van der Waals surface area contributed by atoms with E-state index in [9.17, 15) is 4.79 Å². The Morgan fingerprint density at radius 1 is 1.47 bits per heavy atom. The highest BCUT2D eigenvalue weighted by Crippen LogP contribution is 2.09. The van der Waals surface area contributed by atoms with Gasteiger partial charge in [-0.25, -0.2) is 0 Å². The lowest BCUT2D eigenvalue weighted by molar-refractivity contribution is -0.141. The molecule has 0 spiro atoms. The van der Waals surface area contributed by atoms with Crippen molar-refractivity contribution in [3.8, 4) is 0 Å². The van der Waals surface area contributed by atoms with Crippen molar-refractivity contribution in [1.29, 1.82) is 0 Å². The van der Waals surface area contributed by atoms with Crippen LogP contribution in [0.15, 0.2) is 30.3 Å². The number of amides is 1. The molecule has 0 radical (unpaired) electrons. The average Bonchev–Trinajstić information content (AvgIpc) is 2.47. The number of aliphatic hydroxyl groups is 1. The van der Waals surface area contributed by atoms with Gasteiger partial charge in [-0.2, -0.15) is 0 Å². The molecule has 1 amide bonds. The van der Waals surface area contributed by atoms with Crippen LogP contribution in [0.3, 0.4) is 0 Å². The highest BCUT2D eigenvalue weighted by atomic mass is 16.5. The topological polar surface area (TPSA) is 75.8 Å². The summed E-state index contributed by atoms with van der Waals surface area (Å²) in [6.07, 6.45) is 0.238. The Labute approximate surface area is 113 Å². The van der Waals surface area contributed by atoms with Crippen molar-refractivity contribution in [2.24, 2.45) is 5.73 Å². The van der Waals surface area contributed by atoms with Crippen molar-refractivity contribution < 1.29 is 14.6 Å². The van der Waals surface area contributed by atoms with Crippen LogP contribution in [-0.4, -0.2) is 54.4 Å². The molecule has 2 unspecified atom stereocenters. The third-order valence-corrected chi connectivity index (χ3v) is 3.27. The third kappa shape index (κ3) is 3.76. The highest BCUT2D eigenvalue weighted by molar-refractivity contribution is 5.82. The van der Waals surface area contributed by atoms with Crippen LogP contribution in [0.1, 0.15) is 5.56 Å². The smallest absolute Gasteiger partial charge is 0.239 e. The minimum Gasteiger partial charge on any atom is -0.394 e. The van der Waals surface area contributed by atoms with E-state index in [-0.39, 0.29) is 18.6 Å². The van der Waals surface area contributed by atoms with Gasteiger partial charge in [0.25, 0.3) is 0 Å². The Morgan fingerprint density at radius 2 is 2.21 bits per heavy atom. The lowest BCUT2D eigenvalue weighted by Crippen LogP contribution is -2.52. The van der Waals surface area contributed by atoms with Crippen molar-refractivity contribution in [1.82, 2.24) is 4.90 Å². The van der Waals surface area contributed by atoms with Gasteiger partial charge in [0.2, 0.25) is 5.91 Å². The molecule has 0 aliphatic carbocycles. The van der Waals surface area contributed by atoms with Crippen molar-refractivity contribution in [2.75, 3.05) is 26.3 Å². The van der Waals surface area contributed by atoms with Crippen LogP contribution < -0.4 is 5.73 Å². The zero-order valence-electron chi connectivity index (χ0n) is 10.9. The number of rotatable bonds is 4. The highest BCUT2D eigenvalue weighted by Gasteiger charge is 2.27. The maximum absolute atomic E-state index is 12.2. The van der Waals surface area contributed by atoms with E-state index >= 15 is 0 Å². The van der Waals surface area contributed by atoms with E-state index < -0.39 is 6.04 Å². The Bertz CT molecular complexity index is 410. The summed E-state index contributed by atoms with van der Waals surface area (Å²) < 4.78 is 5.32. The quantitative estimate of drug-likeness (QED) is 0.788. The minimum atomic E-state index is -0.542. The molecule has 2 atom stereocenters. The van der Waals surface area contributed by atoms with E-state index in [2.05, 4.69) is 0 Å². The van der Waals surface area contributed by atoms with Gasteiger partial charge in [-0.1, -0.05) is 30.3 Å². The molecule has 2 rings (SSSR count). The van der Waals surface area contributed by atoms with Gasteiger partial charge in [-0.3, -0.25) is 4.79 Å². The summed E-state index contributed by atoms with van der Waals surface area (Å²) in [4.78, 5) is 13.9. The number of nitrogens with zero attached hydrogens (tertiary/aromatic N) is 1. The second-order valence-corrected chi connectivity index (χ2v) is 4.76. The second kappa shape index (κ2) is 6.65. The van der Waals surface area contributed by atoms with Crippen LogP contribution in [0, 0.1) is 0 Å². The normalized spacial score (nSPS) is 21.2. The standard InChI is InChI=1S/C14H20N2O3/c15-13(8-11-4-2-1-3-5-11)14(18)16-6-7-19-12(9-16)10-17/h1-5,12-13,17H,6-10,15H2. The molecule has 1 fully saturated rings. The number of benzene rings is 1. The average molecular weight is 264 g/mol. The monoisotopic (exact) mass is 264 g/mol. The van der Waals surface area contributed by atoms with Crippen LogP contribution in [0.2, 0.25) is 0 Å². The minimum absolute atomic E-state index is 0.0717. The summed E-state index contributed by atoms with van der Waals surface area (Å²) in [6, 6.07) is 9.18. The molecular formula is C14H20N2O3. The summed E-state index contributed by atoms with van der Waals surface area (Å²) in [7, 11) is 0. The molecular weight excluding hydrogens is 244 g/mol. The number of aliphatic hydroxyl groups excluding tert-OH is 1.